The van der Waals surface area contributed by atoms with Gasteiger partial charge in [-0.15, -0.1) is 0 Å². The van der Waals surface area contributed by atoms with E-state index in [-0.39, 0.29) is 11.9 Å². The van der Waals surface area contributed by atoms with Gasteiger partial charge >= 0.3 is 6.03 Å². The molecule has 0 aliphatic carbocycles. The lowest BCUT2D eigenvalue weighted by Crippen LogP contribution is -2.36. The number of hydrogen-bond donors (Lipinski definition) is 2. The van der Waals surface area contributed by atoms with Crippen LogP contribution in [0.15, 0.2) is 72.8 Å². The number of benzene rings is 3. The number of urea groups is 1. The Hall–Kier alpha value is -3.80. The van der Waals surface area contributed by atoms with Crippen molar-refractivity contribution >= 4 is 17.6 Å². The molecular weight excluding hydrogens is 402 g/mol. The minimum Gasteiger partial charge on any atom is -0.497 e. The van der Waals surface area contributed by atoms with Crippen molar-refractivity contribution in [1.82, 2.24) is 10.6 Å². The van der Waals surface area contributed by atoms with Crippen molar-refractivity contribution in [1.29, 1.82) is 0 Å². The Kier molecular flexibility index (Phi) is 6.70. The maximum Gasteiger partial charge on any atom is 0.315 e. The van der Waals surface area contributed by atoms with Crippen molar-refractivity contribution in [3.8, 4) is 5.75 Å². The lowest BCUT2D eigenvalue weighted by molar-refractivity contribution is 0.0989. The molecule has 6 nitrogen and oxygen atoms in total. The molecule has 0 spiro atoms. The predicted molar refractivity (Wildman–Crippen MR) is 125 cm³/mol. The Morgan fingerprint density at radius 2 is 1.72 bits per heavy atom. The summed E-state index contributed by atoms with van der Waals surface area (Å²) < 4.78 is 5.18. The van der Waals surface area contributed by atoms with Crippen LogP contribution in [0.1, 0.15) is 27.0 Å². The van der Waals surface area contributed by atoms with Crippen LogP contribution in [0, 0.1) is 0 Å². The van der Waals surface area contributed by atoms with Gasteiger partial charge < -0.3 is 20.3 Å². The van der Waals surface area contributed by atoms with E-state index in [9.17, 15) is 9.59 Å². The molecule has 0 saturated heterocycles. The van der Waals surface area contributed by atoms with Crippen molar-refractivity contribution in [3.63, 3.8) is 0 Å². The Morgan fingerprint density at radius 1 is 0.938 bits per heavy atom. The van der Waals surface area contributed by atoms with E-state index in [2.05, 4.69) is 10.6 Å². The molecule has 0 saturated carbocycles. The molecule has 32 heavy (non-hydrogen) atoms. The average molecular weight is 430 g/mol. The zero-order valence-electron chi connectivity index (χ0n) is 18.1. The van der Waals surface area contributed by atoms with Crippen molar-refractivity contribution in [2.45, 2.75) is 19.4 Å². The number of methoxy groups -OCH3 is 1. The lowest BCUT2D eigenvalue weighted by Gasteiger charge is -2.18. The fraction of sp³-hybridized carbons (Fsp3) is 0.231. The normalized spacial score (nSPS) is 12.2. The van der Waals surface area contributed by atoms with E-state index in [0.717, 1.165) is 35.4 Å². The summed E-state index contributed by atoms with van der Waals surface area (Å²) in [5.41, 5.74) is 4.82. The van der Waals surface area contributed by atoms with Gasteiger partial charge in [-0.3, -0.25) is 4.79 Å². The predicted octanol–water partition coefficient (Wildman–Crippen LogP) is 3.94. The summed E-state index contributed by atoms with van der Waals surface area (Å²) >= 11 is 0. The minimum atomic E-state index is -0.201. The maximum absolute atomic E-state index is 13.0. The van der Waals surface area contributed by atoms with Crippen LogP contribution in [0.3, 0.4) is 0 Å². The molecule has 2 N–H and O–H groups in total. The second-order valence-electron chi connectivity index (χ2n) is 7.74. The number of ether oxygens (including phenoxy) is 1. The van der Waals surface area contributed by atoms with Crippen molar-refractivity contribution in [2.75, 3.05) is 25.1 Å². The molecule has 1 heterocycles. The molecule has 0 fully saturated rings. The summed E-state index contributed by atoms with van der Waals surface area (Å²) in [4.78, 5) is 27.0. The Labute approximate surface area is 188 Å². The lowest BCUT2D eigenvalue weighted by atomic mass is 10.1. The number of carbonyl (C=O) groups excluding carboxylic acids is 2. The van der Waals surface area contributed by atoms with E-state index >= 15 is 0 Å². The van der Waals surface area contributed by atoms with Gasteiger partial charge in [-0.2, -0.15) is 0 Å². The number of rotatable bonds is 7. The van der Waals surface area contributed by atoms with Crippen molar-refractivity contribution in [2.24, 2.45) is 0 Å². The number of amides is 3. The molecular formula is C26H27N3O3. The number of anilines is 1. The zero-order chi connectivity index (χ0) is 22.3. The van der Waals surface area contributed by atoms with Crippen LogP contribution in [0.5, 0.6) is 5.75 Å². The highest BCUT2D eigenvalue weighted by molar-refractivity contribution is 6.07. The van der Waals surface area contributed by atoms with Gasteiger partial charge in [-0.1, -0.05) is 42.5 Å². The molecule has 3 aromatic rings. The molecule has 0 radical (unpaired) electrons. The van der Waals surface area contributed by atoms with Gasteiger partial charge in [0.25, 0.3) is 5.91 Å². The smallest absolute Gasteiger partial charge is 0.315 e. The fourth-order valence-electron chi connectivity index (χ4n) is 3.85. The molecule has 0 bridgehead atoms. The maximum atomic E-state index is 13.0. The number of nitrogens with one attached hydrogen (secondary N) is 2. The third-order valence-corrected chi connectivity index (χ3v) is 5.62. The van der Waals surface area contributed by atoms with Gasteiger partial charge in [-0.25, -0.2) is 4.79 Å². The van der Waals surface area contributed by atoms with Crippen LogP contribution in [-0.2, 0) is 19.4 Å². The van der Waals surface area contributed by atoms with Gasteiger partial charge in [0.2, 0.25) is 0 Å². The summed E-state index contributed by atoms with van der Waals surface area (Å²) in [5.74, 6) is 0.689. The van der Waals surface area contributed by atoms with Crippen LogP contribution >= 0.6 is 0 Å². The molecule has 1 aliphatic heterocycles. The highest BCUT2D eigenvalue weighted by Gasteiger charge is 2.25. The third kappa shape index (κ3) is 5.09. The highest BCUT2D eigenvalue weighted by atomic mass is 16.5. The van der Waals surface area contributed by atoms with E-state index in [1.165, 1.54) is 5.56 Å². The summed E-state index contributed by atoms with van der Waals surface area (Å²) in [6, 6.07) is 23.0. The summed E-state index contributed by atoms with van der Waals surface area (Å²) in [5, 5.41) is 5.78. The van der Waals surface area contributed by atoms with Gasteiger partial charge in [0.1, 0.15) is 5.75 Å². The quantitative estimate of drug-likeness (QED) is 0.598. The van der Waals surface area contributed by atoms with E-state index in [1.807, 2.05) is 48.5 Å². The molecule has 6 heteroatoms. The van der Waals surface area contributed by atoms with E-state index in [0.29, 0.717) is 25.2 Å². The number of carbonyl (C=O) groups is 2. The Morgan fingerprint density at radius 3 is 2.47 bits per heavy atom. The summed E-state index contributed by atoms with van der Waals surface area (Å²) in [6.07, 6.45) is 1.61. The first-order valence-corrected chi connectivity index (χ1v) is 10.8. The van der Waals surface area contributed by atoms with Crippen molar-refractivity contribution in [3.05, 3.63) is 95.1 Å². The number of nitrogens with zero attached hydrogens (tertiary/aromatic N) is 1. The fourth-order valence-corrected chi connectivity index (χ4v) is 3.85. The average Bonchev–Trinajstić information content (AvgIpc) is 3.26. The van der Waals surface area contributed by atoms with Crippen LogP contribution in [0.4, 0.5) is 10.5 Å². The number of fused-ring (bicyclic) bond motifs is 1. The van der Waals surface area contributed by atoms with E-state index in [1.54, 1.807) is 36.3 Å². The summed E-state index contributed by atoms with van der Waals surface area (Å²) in [7, 11) is 1.60. The van der Waals surface area contributed by atoms with Gasteiger partial charge in [0.15, 0.2) is 0 Å². The first-order chi connectivity index (χ1) is 15.6. The molecule has 1 aliphatic rings. The molecule has 0 unspecified atom stereocenters. The molecule has 3 amide bonds. The van der Waals surface area contributed by atoms with Gasteiger partial charge in [0.05, 0.1) is 7.11 Å². The van der Waals surface area contributed by atoms with E-state index < -0.39 is 0 Å². The van der Waals surface area contributed by atoms with E-state index in [4.69, 9.17) is 4.74 Å². The molecule has 164 valence electrons. The van der Waals surface area contributed by atoms with Crippen LogP contribution in [0.2, 0.25) is 0 Å². The molecule has 4 rings (SSSR count). The Balaban J connectivity index is 1.33. The zero-order valence-corrected chi connectivity index (χ0v) is 18.1. The standard InChI is InChI=1S/C26H27N3O3/c1-32-23-11-9-22(10-12-23)25(30)29-16-14-21-8-7-20(17-24(21)29)18-28-26(31)27-15-13-19-5-3-2-4-6-19/h2-12,17H,13-16,18H2,1H3,(H2,27,28,31). The second-order valence-corrected chi connectivity index (χ2v) is 7.74. The largest absolute Gasteiger partial charge is 0.497 e. The van der Waals surface area contributed by atoms with Crippen LogP contribution < -0.4 is 20.3 Å². The first kappa shape index (κ1) is 21.4. The topological polar surface area (TPSA) is 70.7 Å². The Bertz CT molecular complexity index is 1080. The first-order valence-electron chi connectivity index (χ1n) is 10.8. The van der Waals surface area contributed by atoms with Gasteiger partial charge in [-0.05, 0) is 59.9 Å². The van der Waals surface area contributed by atoms with Gasteiger partial charge in [0, 0.05) is 30.9 Å². The molecule has 0 aromatic heterocycles. The summed E-state index contributed by atoms with van der Waals surface area (Å²) in [6.45, 7) is 1.62. The molecule has 0 atom stereocenters. The van der Waals surface area contributed by atoms with Crippen LogP contribution in [0.25, 0.3) is 0 Å². The SMILES string of the molecule is COc1ccc(C(=O)N2CCc3ccc(CNC(=O)NCCc4ccccc4)cc32)cc1. The second kappa shape index (κ2) is 10.0. The number of hydrogen-bond acceptors (Lipinski definition) is 3. The minimum absolute atomic E-state index is 0.0323. The van der Waals surface area contributed by atoms with Crippen molar-refractivity contribution < 1.29 is 14.3 Å². The molecule has 3 aromatic carbocycles. The van der Waals surface area contributed by atoms with Crippen LogP contribution in [-0.4, -0.2) is 32.1 Å². The monoisotopic (exact) mass is 429 g/mol. The highest BCUT2D eigenvalue weighted by Crippen LogP contribution is 2.30. The third-order valence-electron chi connectivity index (χ3n) is 5.62.